The summed E-state index contributed by atoms with van der Waals surface area (Å²) in [4.78, 5) is 13.3. The van der Waals surface area contributed by atoms with Gasteiger partial charge in [-0.1, -0.05) is 23.2 Å². The smallest absolute Gasteiger partial charge is 0.160 e. The third kappa shape index (κ3) is 2.43. The zero-order valence-electron chi connectivity index (χ0n) is 13.4. The van der Waals surface area contributed by atoms with E-state index in [-0.39, 0.29) is 5.54 Å². The lowest BCUT2D eigenvalue weighted by Gasteiger charge is -2.43. The molecule has 2 aliphatic rings. The summed E-state index contributed by atoms with van der Waals surface area (Å²) < 4.78 is 0. The van der Waals surface area contributed by atoms with Gasteiger partial charge < -0.3 is 9.80 Å². The van der Waals surface area contributed by atoms with E-state index in [4.69, 9.17) is 23.2 Å². The number of piperazine rings is 1. The fraction of sp³-hybridized carbons (Fsp3) is 0.353. The first kappa shape index (κ1) is 15.2. The minimum absolute atomic E-state index is 0.105. The van der Waals surface area contributed by atoms with Crippen molar-refractivity contribution in [2.45, 2.75) is 18.4 Å². The molecule has 2 fully saturated rings. The van der Waals surface area contributed by atoms with Crippen molar-refractivity contribution in [3.8, 4) is 0 Å². The van der Waals surface area contributed by atoms with E-state index < -0.39 is 0 Å². The number of anilines is 2. The number of aromatic nitrogens is 4. The summed E-state index contributed by atoms with van der Waals surface area (Å²) in [7, 11) is 0. The Balaban J connectivity index is 1.48. The van der Waals surface area contributed by atoms with Crippen molar-refractivity contribution >= 4 is 45.7 Å². The minimum atomic E-state index is 0.105. The number of nitrogens with one attached hydrogen (secondary N) is 1. The molecule has 25 heavy (non-hydrogen) atoms. The van der Waals surface area contributed by atoms with Crippen LogP contribution in [0.3, 0.4) is 0 Å². The first-order chi connectivity index (χ1) is 12.2. The lowest BCUT2D eigenvalue weighted by Crippen LogP contribution is -2.55. The summed E-state index contributed by atoms with van der Waals surface area (Å²) >= 11 is 12.4. The first-order valence-corrected chi connectivity index (χ1v) is 9.04. The van der Waals surface area contributed by atoms with Gasteiger partial charge in [0, 0.05) is 32.0 Å². The summed E-state index contributed by atoms with van der Waals surface area (Å²) in [5, 5.41) is 9.87. The van der Waals surface area contributed by atoms with Gasteiger partial charge in [0.1, 0.15) is 5.82 Å². The molecule has 8 heteroatoms. The van der Waals surface area contributed by atoms with E-state index in [0.29, 0.717) is 10.0 Å². The van der Waals surface area contributed by atoms with Crippen LogP contribution in [0.15, 0.2) is 30.7 Å². The third-order valence-electron chi connectivity index (χ3n) is 5.18. The van der Waals surface area contributed by atoms with Crippen LogP contribution in [-0.2, 0) is 0 Å². The Morgan fingerprint density at radius 1 is 1.08 bits per heavy atom. The van der Waals surface area contributed by atoms with E-state index in [1.54, 1.807) is 18.6 Å². The Bertz CT molecular complexity index is 934. The number of pyridine rings is 2. The maximum atomic E-state index is 6.39. The molecule has 0 atom stereocenters. The van der Waals surface area contributed by atoms with Gasteiger partial charge in [0.2, 0.25) is 0 Å². The maximum Gasteiger partial charge on any atom is 0.160 e. The Morgan fingerprint density at radius 2 is 1.96 bits per heavy atom. The largest absolute Gasteiger partial charge is 0.352 e. The number of fused-ring (bicyclic) bond motifs is 1. The predicted octanol–water partition coefficient (Wildman–Crippen LogP) is 3.52. The van der Waals surface area contributed by atoms with Gasteiger partial charge >= 0.3 is 0 Å². The monoisotopic (exact) mass is 374 g/mol. The number of H-pyrrole nitrogens is 1. The second kappa shape index (κ2) is 5.47. The van der Waals surface area contributed by atoms with Crippen molar-refractivity contribution in [3.63, 3.8) is 0 Å². The molecule has 3 aromatic rings. The molecule has 0 bridgehead atoms. The number of hydrogen-bond acceptors (Lipinski definition) is 5. The van der Waals surface area contributed by atoms with Crippen molar-refractivity contribution in [1.82, 2.24) is 20.2 Å². The number of nitrogens with zero attached hydrogens (tertiary/aromatic N) is 5. The van der Waals surface area contributed by atoms with Crippen molar-refractivity contribution in [1.29, 1.82) is 0 Å². The van der Waals surface area contributed by atoms with Crippen LogP contribution in [0, 0.1) is 0 Å². The summed E-state index contributed by atoms with van der Waals surface area (Å²) in [5.74, 6) is 1.91. The van der Waals surface area contributed by atoms with Crippen LogP contribution in [0.2, 0.25) is 10.0 Å². The molecule has 1 saturated carbocycles. The van der Waals surface area contributed by atoms with Gasteiger partial charge in [0.15, 0.2) is 5.82 Å². The first-order valence-electron chi connectivity index (χ1n) is 8.28. The van der Waals surface area contributed by atoms with E-state index >= 15 is 0 Å². The summed E-state index contributed by atoms with van der Waals surface area (Å²) in [5.41, 5.74) is 0.981. The van der Waals surface area contributed by atoms with Gasteiger partial charge in [-0.2, -0.15) is 5.10 Å². The highest BCUT2D eigenvalue weighted by Gasteiger charge is 2.52. The summed E-state index contributed by atoms with van der Waals surface area (Å²) in [6.07, 6.45) is 7.45. The van der Waals surface area contributed by atoms with Crippen molar-refractivity contribution in [3.05, 3.63) is 40.8 Å². The highest BCUT2D eigenvalue weighted by molar-refractivity contribution is 6.36. The normalized spacial score (nSPS) is 19.0. The Hall–Kier alpha value is -2.05. The zero-order valence-corrected chi connectivity index (χ0v) is 14.9. The van der Waals surface area contributed by atoms with Gasteiger partial charge in [0.25, 0.3) is 0 Å². The second-order valence-corrected chi connectivity index (χ2v) is 7.57. The molecule has 0 aromatic carbocycles. The molecule has 1 aliphatic heterocycles. The lowest BCUT2D eigenvalue weighted by molar-refractivity contribution is 0.503. The van der Waals surface area contributed by atoms with Crippen LogP contribution in [0.4, 0.5) is 11.6 Å². The number of hydrogen-bond donors (Lipinski definition) is 1. The molecule has 3 aromatic heterocycles. The Morgan fingerprint density at radius 3 is 2.72 bits per heavy atom. The number of halogens is 2. The quantitative estimate of drug-likeness (QED) is 0.743. The molecule has 5 rings (SSSR count). The summed E-state index contributed by atoms with van der Waals surface area (Å²) in [6, 6.07) is 3.88. The molecule has 4 heterocycles. The molecule has 0 unspecified atom stereocenters. The van der Waals surface area contributed by atoms with Gasteiger partial charge in [0.05, 0.1) is 32.7 Å². The van der Waals surface area contributed by atoms with E-state index in [2.05, 4.69) is 30.0 Å². The van der Waals surface area contributed by atoms with Gasteiger partial charge in [-0.05, 0) is 25.0 Å². The van der Waals surface area contributed by atoms with Gasteiger partial charge in [-0.25, -0.2) is 4.98 Å². The van der Waals surface area contributed by atoms with Crippen molar-refractivity contribution < 1.29 is 0 Å². The molecule has 1 aliphatic carbocycles. The second-order valence-electron chi connectivity index (χ2n) is 6.72. The van der Waals surface area contributed by atoms with E-state index in [1.807, 2.05) is 12.1 Å². The average Bonchev–Trinajstić information content (AvgIpc) is 3.23. The maximum absolute atomic E-state index is 6.39. The molecule has 128 valence electrons. The average molecular weight is 375 g/mol. The molecule has 6 nitrogen and oxygen atoms in total. The van der Waals surface area contributed by atoms with E-state index in [9.17, 15) is 0 Å². The van der Waals surface area contributed by atoms with Gasteiger partial charge in [-0.3, -0.25) is 10.1 Å². The number of aromatic amines is 1. The molecule has 1 saturated heterocycles. The molecule has 1 N–H and O–H groups in total. The van der Waals surface area contributed by atoms with Crippen LogP contribution < -0.4 is 9.80 Å². The Kier molecular flexibility index (Phi) is 3.33. The Labute approximate surface area is 154 Å². The topological polar surface area (TPSA) is 60.9 Å². The third-order valence-corrected chi connectivity index (χ3v) is 5.69. The molecular weight excluding hydrogens is 359 g/mol. The van der Waals surface area contributed by atoms with Crippen LogP contribution in [-0.4, -0.2) is 45.3 Å². The zero-order chi connectivity index (χ0) is 17.0. The minimum Gasteiger partial charge on any atom is -0.352 e. The van der Waals surface area contributed by atoms with Crippen LogP contribution in [0.5, 0.6) is 0 Å². The van der Waals surface area contributed by atoms with Gasteiger partial charge in [-0.15, -0.1) is 0 Å². The van der Waals surface area contributed by atoms with E-state index in [0.717, 1.165) is 55.0 Å². The fourth-order valence-electron chi connectivity index (χ4n) is 3.74. The molecule has 1 spiro atoms. The molecule has 0 radical (unpaired) electrons. The lowest BCUT2D eigenvalue weighted by atomic mass is 10.1. The predicted molar refractivity (Wildman–Crippen MR) is 99.7 cm³/mol. The van der Waals surface area contributed by atoms with Crippen molar-refractivity contribution in [2.24, 2.45) is 0 Å². The van der Waals surface area contributed by atoms with Crippen LogP contribution in [0.25, 0.3) is 10.9 Å². The summed E-state index contributed by atoms with van der Waals surface area (Å²) in [6.45, 7) is 2.69. The van der Waals surface area contributed by atoms with Crippen LogP contribution in [0.1, 0.15) is 12.8 Å². The fourth-order valence-corrected chi connectivity index (χ4v) is 4.10. The SMILES string of the molecule is Clc1ccc(N2CCN(c3n[nH]c4cncc(Cl)c34)C3(CC3)C2)nc1. The van der Waals surface area contributed by atoms with E-state index in [1.165, 1.54) is 0 Å². The standard InChI is InChI=1S/C17H16Cl2N6/c18-11-1-2-14(21-7-11)24-5-6-25(17(10-24)3-4-17)16-15-12(19)8-20-9-13(15)22-23-16/h1-2,7-9H,3-6,10H2,(H,22,23). The highest BCUT2D eigenvalue weighted by Crippen LogP contribution is 2.48. The van der Waals surface area contributed by atoms with Crippen molar-refractivity contribution in [2.75, 3.05) is 29.4 Å². The molecular formula is C17H16Cl2N6. The van der Waals surface area contributed by atoms with Crippen LogP contribution >= 0.6 is 23.2 Å². The molecule has 0 amide bonds. The highest BCUT2D eigenvalue weighted by atomic mass is 35.5. The number of rotatable bonds is 2.